The molecule has 0 fully saturated rings. The van der Waals surface area contributed by atoms with E-state index in [9.17, 15) is 8.42 Å². The summed E-state index contributed by atoms with van der Waals surface area (Å²) in [5, 5.41) is 4.34. The van der Waals surface area contributed by atoms with Gasteiger partial charge in [0.2, 0.25) is 0 Å². The van der Waals surface area contributed by atoms with Crippen LogP contribution >= 0.6 is 0 Å². The Morgan fingerprint density at radius 2 is 1.28 bits per heavy atom. The molecule has 1 N–H and O–H groups in total. The van der Waals surface area contributed by atoms with E-state index >= 15 is 0 Å². The molecule has 0 heterocycles. The summed E-state index contributed by atoms with van der Waals surface area (Å²) >= 11 is 0. The van der Waals surface area contributed by atoms with Gasteiger partial charge in [0.25, 0.3) is 10.0 Å². The number of nitrogens with zero attached hydrogens (tertiary/aromatic N) is 1. The Kier molecular flexibility index (Phi) is 6.47. The molecule has 0 aliphatic rings. The first-order chi connectivity index (χ1) is 15.5. The van der Waals surface area contributed by atoms with Gasteiger partial charge in [-0.25, -0.2) is 0 Å². The van der Waals surface area contributed by atoms with Crippen molar-refractivity contribution in [2.75, 3.05) is 0 Å². The Morgan fingerprint density at radius 3 is 1.91 bits per heavy atom. The fourth-order valence-electron chi connectivity index (χ4n) is 3.37. The highest BCUT2D eigenvalue weighted by Crippen LogP contribution is 2.20. The van der Waals surface area contributed by atoms with Gasteiger partial charge in [0.05, 0.1) is 10.6 Å². The number of sulfonamides is 1. The molecule has 0 spiro atoms. The number of hydrogen-bond donors (Lipinski definition) is 1. The molecule has 0 saturated carbocycles. The predicted molar refractivity (Wildman–Crippen MR) is 130 cm³/mol. The van der Waals surface area contributed by atoms with Gasteiger partial charge >= 0.3 is 0 Å². The molecule has 0 aromatic heterocycles. The number of benzene rings is 4. The third-order valence-electron chi connectivity index (χ3n) is 5.17. The third-order valence-corrected chi connectivity index (χ3v) is 6.40. The molecule has 4 rings (SSSR count). The number of hydrogen-bond acceptors (Lipinski definition) is 3. The summed E-state index contributed by atoms with van der Waals surface area (Å²) in [5.41, 5.74) is 5.77. The summed E-state index contributed by atoms with van der Waals surface area (Å²) in [4.78, 5) is 2.61. The van der Waals surface area contributed by atoms with Crippen LogP contribution in [0.5, 0.6) is 0 Å². The van der Waals surface area contributed by atoms with Gasteiger partial charge in [0.15, 0.2) is 0 Å². The second-order valence-corrected chi connectivity index (χ2v) is 9.23. The lowest BCUT2D eigenvalue weighted by Crippen LogP contribution is -2.21. The topological polar surface area (TPSA) is 58.5 Å². The molecule has 0 aliphatic heterocycles. The minimum absolute atomic E-state index is 0.185. The highest BCUT2D eigenvalue weighted by molar-refractivity contribution is 7.89. The summed E-state index contributed by atoms with van der Waals surface area (Å²) in [6.07, 6.45) is 0.502. The molecule has 4 nitrogen and oxygen atoms in total. The lowest BCUT2D eigenvalue weighted by Gasteiger charge is -2.10. The van der Waals surface area contributed by atoms with Crippen LogP contribution in [0, 0.1) is 6.92 Å². The summed E-state index contributed by atoms with van der Waals surface area (Å²) in [7, 11) is -3.76. The SMILES string of the molecule is Cc1ccc(S(=O)(=O)N/N=C(\Cc2ccccc2)c2ccc(-c3ccccc3)cc2)cc1. The molecule has 32 heavy (non-hydrogen) atoms. The molecule has 4 aromatic rings. The second-order valence-electron chi connectivity index (χ2n) is 7.57. The van der Waals surface area contributed by atoms with Crippen LogP contribution < -0.4 is 4.83 Å². The number of aryl methyl sites for hydroxylation is 1. The number of rotatable bonds is 7. The molecule has 0 saturated heterocycles. The Labute approximate surface area is 189 Å². The van der Waals surface area contributed by atoms with E-state index in [1.54, 1.807) is 24.3 Å². The molecule has 0 bridgehead atoms. The molecule has 0 unspecified atom stereocenters. The van der Waals surface area contributed by atoms with Gasteiger partial charge in [-0.2, -0.15) is 18.4 Å². The van der Waals surface area contributed by atoms with Gasteiger partial charge in [-0.15, -0.1) is 0 Å². The minimum atomic E-state index is -3.76. The van der Waals surface area contributed by atoms with E-state index in [0.717, 1.165) is 27.8 Å². The Morgan fingerprint density at radius 1 is 0.719 bits per heavy atom. The standard InChI is InChI=1S/C27H24N2O2S/c1-21-12-18-26(19-13-21)32(30,31)29-28-27(20-22-8-4-2-5-9-22)25-16-14-24(15-17-25)23-10-6-3-7-11-23/h2-19,29H,20H2,1H3/b28-27+. The van der Waals surface area contributed by atoms with E-state index in [2.05, 4.69) is 22.1 Å². The maximum Gasteiger partial charge on any atom is 0.276 e. The summed E-state index contributed by atoms with van der Waals surface area (Å²) in [5.74, 6) is 0. The zero-order valence-electron chi connectivity index (χ0n) is 17.8. The van der Waals surface area contributed by atoms with Crippen LogP contribution in [0.3, 0.4) is 0 Å². The molecular weight excluding hydrogens is 416 g/mol. The summed E-state index contributed by atoms with van der Waals surface area (Å²) < 4.78 is 25.5. The highest BCUT2D eigenvalue weighted by Gasteiger charge is 2.14. The van der Waals surface area contributed by atoms with Crippen molar-refractivity contribution < 1.29 is 8.42 Å². The van der Waals surface area contributed by atoms with E-state index in [1.807, 2.05) is 79.7 Å². The maximum atomic E-state index is 12.8. The lowest BCUT2D eigenvalue weighted by molar-refractivity contribution is 0.584. The minimum Gasteiger partial charge on any atom is -0.200 e. The Hall–Kier alpha value is -3.70. The first-order valence-corrected chi connectivity index (χ1v) is 11.8. The van der Waals surface area contributed by atoms with Gasteiger partial charge in [0, 0.05) is 6.42 Å². The average Bonchev–Trinajstić information content (AvgIpc) is 2.83. The number of hydrazone groups is 1. The van der Waals surface area contributed by atoms with Crippen LogP contribution in [-0.2, 0) is 16.4 Å². The fraction of sp³-hybridized carbons (Fsp3) is 0.0741. The molecule has 5 heteroatoms. The number of nitrogens with one attached hydrogen (secondary N) is 1. The smallest absolute Gasteiger partial charge is 0.200 e. The van der Waals surface area contributed by atoms with Crippen LogP contribution in [0.15, 0.2) is 119 Å². The van der Waals surface area contributed by atoms with Crippen molar-refractivity contribution in [2.45, 2.75) is 18.2 Å². The quantitative estimate of drug-likeness (QED) is 0.301. The molecule has 0 radical (unpaired) electrons. The van der Waals surface area contributed by atoms with Gasteiger partial charge < -0.3 is 0 Å². The maximum absolute atomic E-state index is 12.8. The predicted octanol–water partition coefficient (Wildman–Crippen LogP) is 5.59. The van der Waals surface area contributed by atoms with E-state index in [4.69, 9.17) is 0 Å². The Balaban J connectivity index is 1.65. The van der Waals surface area contributed by atoms with Gasteiger partial charge in [-0.3, -0.25) is 0 Å². The van der Waals surface area contributed by atoms with Crippen molar-refractivity contribution in [3.05, 3.63) is 126 Å². The van der Waals surface area contributed by atoms with Crippen molar-refractivity contribution in [3.8, 4) is 11.1 Å². The van der Waals surface area contributed by atoms with E-state index in [1.165, 1.54) is 0 Å². The van der Waals surface area contributed by atoms with E-state index in [-0.39, 0.29) is 4.90 Å². The Bertz CT molecular complexity index is 1300. The van der Waals surface area contributed by atoms with Crippen LogP contribution in [0.1, 0.15) is 16.7 Å². The normalized spacial score (nSPS) is 11.8. The van der Waals surface area contributed by atoms with Crippen LogP contribution in [0.25, 0.3) is 11.1 Å². The van der Waals surface area contributed by atoms with Crippen molar-refractivity contribution >= 4 is 15.7 Å². The molecule has 0 amide bonds. The third kappa shape index (κ3) is 5.31. The summed E-state index contributed by atoms with van der Waals surface area (Å²) in [6.45, 7) is 1.92. The van der Waals surface area contributed by atoms with Gasteiger partial charge in [-0.1, -0.05) is 103 Å². The molecule has 0 atom stereocenters. The van der Waals surface area contributed by atoms with E-state index in [0.29, 0.717) is 12.1 Å². The first-order valence-electron chi connectivity index (χ1n) is 10.4. The lowest BCUT2D eigenvalue weighted by atomic mass is 9.99. The van der Waals surface area contributed by atoms with Gasteiger partial charge in [0.1, 0.15) is 0 Å². The molecular formula is C27H24N2O2S. The van der Waals surface area contributed by atoms with Crippen LogP contribution in [0.2, 0.25) is 0 Å². The monoisotopic (exact) mass is 440 g/mol. The largest absolute Gasteiger partial charge is 0.276 e. The summed E-state index contributed by atoms with van der Waals surface area (Å²) in [6, 6.07) is 34.7. The fourth-order valence-corrected chi connectivity index (χ4v) is 4.20. The zero-order chi connectivity index (χ0) is 22.4. The molecule has 4 aromatic carbocycles. The van der Waals surface area contributed by atoms with Crippen LogP contribution in [-0.4, -0.2) is 14.1 Å². The zero-order valence-corrected chi connectivity index (χ0v) is 18.6. The van der Waals surface area contributed by atoms with Crippen molar-refractivity contribution in [3.63, 3.8) is 0 Å². The molecule has 160 valence electrons. The van der Waals surface area contributed by atoms with E-state index < -0.39 is 10.0 Å². The first kappa shape index (κ1) is 21.5. The average molecular weight is 441 g/mol. The van der Waals surface area contributed by atoms with Crippen LogP contribution in [0.4, 0.5) is 0 Å². The van der Waals surface area contributed by atoms with Crippen molar-refractivity contribution in [1.29, 1.82) is 0 Å². The highest BCUT2D eigenvalue weighted by atomic mass is 32.2. The molecule has 0 aliphatic carbocycles. The van der Waals surface area contributed by atoms with Crippen molar-refractivity contribution in [1.82, 2.24) is 4.83 Å². The van der Waals surface area contributed by atoms with Crippen molar-refractivity contribution in [2.24, 2.45) is 5.10 Å². The van der Waals surface area contributed by atoms with Gasteiger partial charge in [-0.05, 0) is 41.3 Å². The second kappa shape index (κ2) is 9.62.